The predicted molar refractivity (Wildman–Crippen MR) is 74.0 cm³/mol. The van der Waals surface area contributed by atoms with Gasteiger partial charge in [-0.2, -0.15) is 0 Å². The molecule has 0 saturated heterocycles. The Hall–Kier alpha value is -2.36. The van der Waals surface area contributed by atoms with Crippen molar-refractivity contribution in [3.05, 3.63) is 69.6 Å². The first kappa shape index (κ1) is 13.1. The number of nitrogens with one attached hydrogen (secondary N) is 1. The summed E-state index contributed by atoms with van der Waals surface area (Å²) in [5.41, 5.74) is 2.38. The molecule has 1 aromatic heterocycles. The van der Waals surface area contributed by atoms with Crippen LogP contribution < -0.4 is 5.56 Å². The van der Waals surface area contributed by atoms with Crippen LogP contribution in [0.2, 0.25) is 0 Å². The molecule has 0 unspecified atom stereocenters. The van der Waals surface area contributed by atoms with E-state index in [-0.39, 0.29) is 11.5 Å². The van der Waals surface area contributed by atoms with Gasteiger partial charge in [0, 0.05) is 31.4 Å². The molecule has 0 saturated carbocycles. The van der Waals surface area contributed by atoms with Gasteiger partial charge >= 0.3 is 0 Å². The van der Waals surface area contributed by atoms with Crippen molar-refractivity contribution >= 4 is 5.91 Å². The molecule has 0 aliphatic rings. The number of nitrogens with zero attached hydrogens (tertiary/aromatic N) is 1. The Balaban J connectivity index is 2.11. The van der Waals surface area contributed by atoms with Gasteiger partial charge in [-0.1, -0.05) is 29.8 Å². The summed E-state index contributed by atoms with van der Waals surface area (Å²) in [6, 6.07) is 10.9. The summed E-state index contributed by atoms with van der Waals surface area (Å²) < 4.78 is 0. The first-order valence-electron chi connectivity index (χ1n) is 6.06. The largest absolute Gasteiger partial charge is 0.337 e. The predicted octanol–water partition coefficient (Wildman–Crippen LogP) is 1.96. The number of carbonyl (C=O) groups excluding carboxylic acids is 1. The van der Waals surface area contributed by atoms with Crippen LogP contribution in [0.4, 0.5) is 0 Å². The number of hydrogen-bond donors (Lipinski definition) is 1. The standard InChI is InChI=1S/C15H16N2O2/c1-11-3-5-12(6-4-11)10-17(2)15(19)13-7-8-16-14(18)9-13/h3-9H,10H2,1-2H3,(H,16,18). The SMILES string of the molecule is Cc1ccc(CN(C)C(=O)c2cc[nH]c(=O)c2)cc1. The quantitative estimate of drug-likeness (QED) is 0.912. The fraction of sp³-hybridized carbons (Fsp3) is 0.200. The fourth-order valence-corrected chi connectivity index (χ4v) is 1.84. The van der Waals surface area contributed by atoms with Gasteiger partial charge in [-0.05, 0) is 18.6 Å². The Morgan fingerprint density at radius 2 is 1.89 bits per heavy atom. The van der Waals surface area contributed by atoms with Crippen molar-refractivity contribution in [2.75, 3.05) is 7.05 Å². The summed E-state index contributed by atoms with van der Waals surface area (Å²) in [7, 11) is 1.73. The van der Waals surface area contributed by atoms with E-state index in [4.69, 9.17) is 0 Å². The van der Waals surface area contributed by atoms with Gasteiger partial charge in [0.15, 0.2) is 0 Å². The van der Waals surface area contributed by atoms with Gasteiger partial charge in [-0.15, -0.1) is 0 Å². The number of H-pyrrole nitrogens is 1. The van der Waals surface area contributed by atoms with Crippen LogP contribution in [-0.2, 0) is 6.54 Å². The average Bonchev–Trinajstić information content (AvgIpc) is 2.40. The summed E-state index contributed by atoms with van der Waals surface area (Å²) >= 11 is 0. The van der Waals surface area contributed by atoms with Gasteiger partial charge in [-0.3, -0.25) is 9.59 Å². The molecule has 0 radical (unpaired) electrons. The number of aromatic amines is 1. The zero-order valence-corrected chi connectivity index (χ0v) is 11.0. The van der Waals surface area contributed by atoms with Crippen LogP contribution in [0.15, 0.2) is 47.4 Å². The Labute approximate surface area is 111 Å². The minimum Gasteiger partial charge on any atom is -0.337 e. The third-order valence-corrected chi connectivity index (χ3v) is 2.91. The van der Waals surface area contributed by atoms with Gasteiger partial charge < -0.3 is 9.88 Å². The smallest absolute Gasteiger partial charge is 0.254 e. The minimum atomic E-state index is -0.269. The number of rotatable bonds is 3. The van der Waals surface area contributed by atoms with Crippen LogP contribution >= 0.6 is 0 Å². The van der Waals surface area contributed by atoms with Crippen LogP contribution in [0.5, 0.6) is 0 Å². The second-order valence-corrected chi connectivity index (χ2v) is 4.59. The number of aromatic nitrogens is 1. The first-order valence-corrected chi connectivity index (χ1v) is 6.06. The molecule has 1 heterocycles. The van der Waals surface area contributed by atoms with Crippen LogP contribution in [-0.4, -0.2) is 22.8 Å². The molecule has 98 valence electrons. The van der Waals surface area contributed by atoms with Crippen molar-refractivity contribution in [2.24, 2.45) is 0 Å². The highest BCUT2D eigenvalue weighted by Gasteiger charge is 2.12. The topological polar surface area (TPSA) is 53.2 Å². The van der Waals surface area contributed by atoms with E-state index in [2.05, 4.69) is 4.98 Å². The normalized spacial score (nSPS) is 10.2. The van der Waals surface area contributed by atoms with Crippen LogP contribution in [0.1, 0.15) is 21.5 Å². The number of hydrogen-bond acceptors (Lipinski definition) is 2. The lowest BCUT2D eigenvalue weighted by Crippen LogP contribution is -2.27. The Bertz CT molecular complexity index is 629. The molecule has 0 spiro atoms. The molecule has 19 heavy (non-hydrogen) atoms. The third kappa shape index (κ3) is 3.31. The molecule has 1 aromatic carbocycles. The Morgan fingerprint density at radius 1 is 1.21 bits per heavy atom. The molecule has 1 amide bonds. The zero-order chi connectivity index (χ0) is 13.8. The van der Waals surface area contributed by atoms with Gasteiger partial charge in [0.25, 0.3) is 5.91 Å². The summed E-state index contributed by atoms with van der Waals surface area (Å²) in [5.74, 6) is -0.160. The maximum Gasteiger partial charge on any atom is 0.254 e. The van der Waals surface area contributed by atoms with E-state index in [0.29, 0.717) is 12.1 Å². The highest BCUT2D eigenvalue weighted by atomic mass is 16.2. The van der Waals surface area contributed by atoms with E-state index >= 15 is 0 Å². The van der Waals surface area contributed by atoms with E-state index in [0.717, 1.165) is 5.56 Å². The summed E-state index contributed by atoms with van der Waals surface area (Å²) in [4.78, 5) is 27.4. The first-order chi connectivity index (χ1) is 9.06. The van der Waals surface area contributed by atoms with Crippen molar-refractivity contribution < 1.29 is 4.79 Å². The molecule has 0 aliphatic heterocycles. The van der Waals surface area contributed by atoms with E-state index in [1.54, 1.807) is 18.0 Å². The molecule has 2 rings (SSSR count). The number of amides is 1. The van der Waals surface area contributed by atoms with Gasteiger partial charge in [0.1, 0.15) is 0 Å². The fourth-order valence-electron chi connectivity index (χ4n) is 1.84. The highest BCUT2D eigenvalue weighted by molar-refractivity contribution is 5.93. The summed E-state index contributed by atoms with van der Waals surface area (Å²) in [6.45, 7) is 2.54. The van der Waals surface area contributed by atoms with Crippen molar-refractivity contribution in [3.8, 4) is 0 Å². The minimum absolute atomic E-state index is 0.160. The molecule has 0 aliphatic carbocycles. The maximum atomic E-state index is 12.1. The molecule has 4 heteroatoms. The van der Waals surface area contributed by atoms with E-state index < -0.39 is 0 Å². The lowest BCUT2D eigenvalue weighted by atomic mass is 10.1. The number of benzene rings is 1. The summed E-state index contributed by atoms with van der Waals surface area (Å²) in [6.07, 6.45) is 1.48. The molecule has 4 nitrogen and oxygen atoms in total. The molecule has 2 aromatic rings. The van der Waals surface area contributed by atoms with E-state index in [1.165, 1.54) is 17.8 Å². The summed E-state index contributed by atoms with van der Waals surface area (Å²) in [5, 5.41) is 0. The molecular weight excluding hydrogens is 240 g/mol. The average molecular weight is 256 g/mol. The molecule has 1 N–H and O–H groups in total. The maximum absolute atomic E-state index is 12.1. The zero-order valence-electron chi connectivity index (χ0n) is 11.0. The second kappa shape index (κ2) is 5.52. The number of aryl methyl sites for hydroxylation is 1. The van der Waals surface area contributed by atoms with E-state index in [1.807, 2.05) is 31.2 Å². The monoisotopic (exact) mass is 256 g/mol. The van der Waals surface area contributed by atoms with Crippen molar-refractivity contribution in [1.29, 1.82) is 0 Å². The van der Waals surface area contributed by atoms with Crippen LogP contribution in [0, 0.1) is 6.92 Å². The van der Waals surface area contributed by atoms with Crippen molar-refractivity contribution in [1.82, 2.24) is 9.88 Å². The Kier molecular flexibility index (Phi) is 3.80. The molecular formula is C15H16N2O2. The van der Waals surface area contributed by atoms with Gasteiger partial charge in [0.05, 0.1) is 0 Å². The van der Waals surface area contributed by atoms with Crippen molar-refractivity contribution in [3.63, 3.8) is 0 Å². The highest BCUT2D eigenvalue weighted by Crippen LogP contribution is 2.08. The number of carbonyl (C=O) groups is 1. The lowest BCUT2D eigenvalue weighted by Gasteiger charge is -2.17. The number of pyridine rings is 1. The van der Waals surface area contributed by atoms with Crippen LogP contribution in [0.25, 0.3) is 0 Å². The molecule has 0 fully saturated rings. The molecule has 0 atom stereocenters. The second-order valence-electron chi connectivity index (χ2n) is 4.59. The van der Waals surface area contributed by atoms with Crippen molar-refractivity contribution in [2.45, 2.75) is 13.5 Å². The third-order valence-electron chi connectivity index (χ3n) is 2.91. The van der Waals surface area contributed by atoms with Crippen LogP contribution in [0.3, 0.4) is 0 Å². The van der Waals surface area contributed by atoms with Gasteiger partial charge in [-0.25, -0.2) is 0 Å². The van der Waals surface area contributed by atoms with E-state index in [9.17, 15) is 9.59 Å². The Morgan fingerprint density at radius 3 is 2.53 bits per heavy atom. The van der Waals surface area contributed by atoms with Gasteiger partial charge in [0.2, 0.25) is 5.56 Å². The lowest BCUT2D eigenvalue weighted by molar-refractivity contribution is 0.0785. The molecule has 0 bridgehead atoms.